The van der Waals surface area contributed by atoms with Crippen molar-refractivity contribution in [1.82, 2.24) is 4.98 Å². The molecule has 1 aliphatic carbocycles. The fraction of sp³-hybridized carbons (Fsp3) is 0.400. The molecule has 1 heterocycles. The van der Waals surface area contributed by atoms with Crippen LogP contribution in [0.15, 0.2) is 41.0 Å². The molecule has 1 aliphatic rings. The Balaban J connectivity index is 1.83. The second-order valence-corrected chi connectivity index (χ2v) is 9.31. The highest BCUT2D eigenvalue weighted by Crippen LogP contribution is 2.36. The van der Waals surface area contributed by atoms with Gasteiger partial charge < -0.3 is 9.87 Å². The van der Waals surface area contributed by atoms with Crippen LogP contribution in [0.4, 0.5) is 5.82 Å². The maximum Gasteiger partial charge on any atom is 0.233 e. The Bertz CT molecular complexity index is 857. The molecule has 1 aromatic heterocycles. The largest absolute Gasteiger partial charge is 0.772 e. The molecule has 150 valence electrons. The van der Waals surface area contributed by atoms with E-state index in [9.17, 15) is 13.6 Å². The van der Waals surface area contributed by atoms with Crippen molar-refractivity contribution >= 4 is 50.3 Å². The molecule has 28 heavy (non-hydrogen) atoms. The van der Waals surface area contributed by atoms with E-state index >= 15 is 0 Å². The predicted molar refractivity (Wildman–Crippen MR) is 114 cm³/mol. The first-order chi connectivity index (χ1) is 13.4. The summed E-state index contributed by atoms with van der Waals surface area (Å²) in [5, 5.41) is 3.26. The molecule has 2 aromatic rings. The molecule has 8 heteroatoms. The highest BCUT2D eigenvalue weighted by atomic mass is 79.9. The molecule has 3 rings (SSSR count). The van der Waals surface area contributed by atoms with Crippen LogP contribution in [-0.2, 0) is 21.6 Å². The zero-order valence-corrected chi connectivity index (χ0v) is 18.4. The lowest BCUT2D eigenvalue weighted by molar-refractivity contribution is -0.118. The van der Waals surface area contributed by atoms with Crippen molar-refractivity contribution in [1.29, 1.82) is 0 Å². The summed E-state index contributed by atoms with van der Waals surface area (Å²) in [7, 11) is 0. The van der Waals surface area contributed by atoms with Gasteiger partial charge in [-0.25, -0.2) is 4.98 Å². The maximum absolute atomic E-state index is 13.1. The summed E-state index contributed by atoms with van der Waals surface area (Å²) < 4.78 is 22.8. The van der Waals surface area contributed by atoms with Crippen molar-refractivity contribution in [3.8, 4) is 0 Å². The fourth-order valence-electron chi connectivity index (χ4n) is 3.66. The Hall–Kier alpha value is -1.28. The lowest BCUT2D eigenvalue weighted by Gasteiger charge is -2.21. The molecule has 5 nitrogen and oxygen atoms in total. The van der Waals surface area contributed by atoms with E-state index in [0.717, 1.165) is 29.3 Å². The number of nitrogens with one attached hydrogen (secondary N) is 1. The molecular formula is C20H21BrClN2O3S-. The van der Waals surface area contributed by atoms with Crippen LogP contribution in [0, 0.1) is 5.92 Å². The number of halogens is 2. The van der Waals surface area contributed by atoms with Crippen LogP contribution in [0.2, 0.25) is 5.02 Å². The summed E-state index contributed by atoms with van der Waals surface area (Å²) in [6.45, 7) is 0. The number of carbonyl (C=O) groups excluding carboxylic acids is 1. The number of rotatable bonds is 7. The van der Waals surface area contributed by atoms with Crippen LogP contribution in [-0.4, -0.2) is 19.7 Å². The molecule has 0 spiro atoms. The third kappa shape index (κ3) is 5.86. The minimum atomic E-state index is -2.21. The van der Waals surface area contributed by atoms with E-state index in [2.05, 4.69) is 26.2 Å². The van der Waals surface area contributed by atoms with Crippen molar-refractivity contribution in [3.63, 3.8) is 0 Å². The van der Waals surface area contributed by atoms with E-state index < -0.39 is 11.1 Å². The average Bonchev–Trinajstić information content (AvgIpc) is 3.16. The molecular weight excluding hydrogens is 464 g/mol. The standard InChI is InChI=1S/C20H22BrClN2O3S/c21-16-7-8-19(23-11-16)24-20(25)17(9-13-3-1-2-4-13)14-5-6-15(12-28(26)27)18(22)10-14/h5-8,10-11,13,17H,1-4,9,12H2,(H,26,27)(H,23,24,25)/p-1. The predicted octanol–water partition coefficient (Wildman–Crippen LogP) is 5.18. The number of carbonyl (C=O) groups is 1. The fourth-order valence-corrected chi connectivity index (χ4v) is 4.74. The van der Waals surface area contributed by atoms with Crippen LogP contribution >= 0.6 is 27.5 Å². The summed E-state index contributed by atoms with van der Waals surface area (Å²) in [6, 6.07) is 8.79. The number of nitrogens with zero attached hydrogens (tertiary/aromatic N) is 1. The van der Waals surface area contributed by atoms with Gasteiger partial charge in [-0.15, -0.1) is 0 Å². The van der Waals surface area contributed by atoms with Gasteiger partial charge in [0.25, 0.3) is 0 Å². The molecule has 0 aliphatic heterocycles. The molecule has 0 radical (unpaired) electrons. The van der Waals surface area contributed by atoms with Crippen molar-refractivity contribution in [2.24, 2.45) is 5.92 Å². The number of amides is 1. The second kappa shape index (κ2) is 9.96. The first-order valence-electron chi connectivity index (χ1n) is 9.19. The topological polar surface area (TPSA) is 82.1 Å². The third-order valence-corrected chi connectivity index (χ3v) is 6.46. The average molecular weight is 485 g/mol. The lowest BCUT2D eigenvalue weighted by Crippen LogP contribution is -2.23. The first-order valence-corrected chi connectivity index (χ1v) is 11.6. The van der Waals surface area contributed by atoms with Gasteiger partial charge in [0.1, 0.15) is 5.82 Å². The number of pyridine rings is 1. The molecule has 0 bridgehead atoms. The van der Waals surface area contributed by atoms with Gasteiger partial charge in [0.15, 0.2) is 0 Å². The van der Waals surface area contributed by atoms with E-state index in [1.54, 1.807) is 24.4 Å². The number of aromatic nitrogens is 1. The quantitative estimate of drug-likeness (QED) is 0.549. The lowest BCUT2D eigenvalue weighted by atomic mass is 9.87. The van der Waals surface area contributed by atoms with Crippen molar-refractivity contribution in [2.45, 2.75) is 43.8 Å². The summed E-state index contributed by atoms with van der Waals surface area (Å²) >= 11 is 7.42. The second-order valence-electron chi connectivity index (χ2n) is 7.09. The van der Waals surface area contributed by atoms with E-state index in [0.29, 0.717) is 22.3 Å². The molecule has 0 saturated heterocycles. The Morgan fingerprint density at radius 2 is 2.07 bits per heavy atom. The number of hydrogen-bond acceptors (Lipinski definition) is 4. The minimum absolute atomic E-state index is 0.127. The van der Waals surface area contributed by atoms with Crippen LogP contribution in [0.5, 0.6) is 0 Å². The summed E-state index contributed by atoms with van der Waals surface area (Å²) in [5.74, 6) is 0.368. The smallest absolute Gasteiger partial charge is 0.233 e. The molecule has 1 aromatic carbocycles. The van der Waals surface area contributed by atoms with Crippen LogP contribution in [0.1, 0.15) is 49.1 Å². The van der Waals surface area contributed by atoms with Gasteiger partial charge in [-0.1, -0.05) is 60.5 Å². The van der Waals surface area contributed by atoms with E-state index in [-0.39, 0.29) is 17.6 Å². The van der Waals surface area contributed by atoms with Gasteiger partial charge in [0.2, 0.25) is 5.91 Å². The van der Waals surface area contributed by atoms with Gasteiger partial charge in [-0.3, -0.25) is 9.00 Å². The third-order valence-electron chi connectivity index (χ3n) is 5.09. The van der Waals surface area contributed by atoms with E-state index in [4.69, 9.17) is 11.6 Å². The van der Waals surface area contributed by atoms with Gasteiger partial charge in [0, 0.05) is 21.4 Å². The van der Waals surface area contributed by atoms with Crippen molar-refractivity contribution in [3.05, 3.63) is 57.2 Å². The molecule has 1 N–H and O–H groups in total. The SMILES string of the molecule is O=C(Nc1ccc(Br)cn1)C(CC1CCCC1)c1ccc(CS(=O)[O-])c(Cl)c1. The maximum atomic E-state index is 13.1. The highest BCUT2D eigenvalue weighted by molar-refractivity contribution is 9.10. The van der Waals surface area contributed by atoms with Gasteiger partial charge in [-0.2, -0.15) is 0 Å². The van der Waals surface area contributed by atoms with Crippen molar-refractivity contribution in [2.75, 3.05) is 5.32 Å². The van der Waals surface area contributed by atoms with E-state index in [1.807, 2.05) is 12.1 Å². The molecule has 2 atom stereocenters. The zero-order valence-electron chi connectivity index (χ0n) is 15.2. The first kappa shape index (κ1) is 21.4. The Labute approximate surface area is 180 Å². The minimum Gasteiger partial charge on any atom is -0.772 e. The monoisotopic (exact) mass is 483 g/mol. The number of benzene rings is 1. The summed E-state index contributed by atoms with van der Waals surface area (Å²) in [6.07, 6.45) is 7.02. The normalized spacial score (nSPS) is 16.7. The molecule has 1 amide bonds. The van der Waals surface area contributed by atoms with E-state index in [1.165, 1.54) is 12.8 Å². The van der Waals surface area contributed by atoms with Crippen LogP contribution in [0.3, 0.4) is 0 Å². The molecule has 2 unspecified atom stereocenters. The van der Waals surface area contributed by atoms with Crippen LogP contribution in [0.25, 0.3) is 0 Å². The zero-order chi connectivity index (χ0) is 20.1. The van der Waals surface area contributed by atoms with Crippen molar-refractivity contribution < 1.29 is 13.6 Å². The Morgan fingerprint density at radius 1 is 1.32 bits per heavy atom. The number of anilines is 1. The van der Waals surface area contributed by atoms with Gasteiger partial charge in [0.05, 0.1) is 5.92 Å². The molecule has 1 fully saturated rings. The summed E-state index contributed by atoms with van der Waals surface area (Å²) in [4.78, 5) is 17.3. The van der Waals surface area contributed by atoms with Gasteiger partial charge >= 0.3 is 0 Å². The number of hydrogen-bond donors (Lipinski definition) is 1. The summed E-state index contributed by atoms with van der Waals surface area (Å²) in [5.41, 5.74) is 1.33. The Morgan fingerprint density at radius 3 is 2.68 bits per heavy atom. The molecule has 1 saturated carbocycles. The van der Waals surface area contributed by atoms with Gasteiger partial charge in [-0.05, 0) is 57.6 Å². The van der Waals surface area contributed by atoms with Crippen LogP contribution < -0.4 is 5.32 Å². The Kier molecular flexibility index (Phi) is 7.62. The highest BCUT2D eigenvalue weighted by Gasteiger charge is 2.27.